The number of carbonyl (C=O) groups excluding carboxylic acids is 1. The zero-order chi connectivity index (χ0) is 14.1. The van der Waals surface area contributed by atoms with Gasteiger partial charge in [0.15, 0.2) is 0 Å². The van der Waals surface area contributed by atoms with Gasteiger partial charge in [-0.15, -0.1) is 0 Å². The Morgan fingerprint density at radius 1 is 1.39 bits per heavy atom. The molecule has 4 heteroatoms. The molecular formula is C14H29N3O. The lowest BCUT2D eigenvalue weighted by Gasteiger charge is -2.49. The van der Waals surface area contributed by atoms with E-state index < -0.39 is 0 Å². The van der Waals surface area contributed by atoms with Crippen molar-refractivity contribution in [1.29, 1.82) is 0 Å². The highest BCUT2D eigenvalue weighted by molar-refractivity contribution is 5.82. The minimum absolute atomic E-state index is 0.0220. The van der Waals surface area contributed by atoms with E-state index in [1.54, 1.807) is 0 Å². The molecule has 0 aromatic carbocycles. The lowest BCUT2D eigenvalue weighted by Crippen LogP contribution is -2.62. The van der Waals surface area contributed by atoms with Gasteiger partial charge in [-0.25, -0.2) is 0 Å². The molecule has 1 atom stereocenters. The molecule has 0 aromatic heterocycles. The molecule has 106 valence electrons. The molecule has 0 radical (unpaired) electrons. The van der Waals surface area contributed by atoms with E-state index in [1.807, 2.05) is 19.0 Å². The summed E-state index contributed by atoms with van der Waals surface area (Å²) in [6.07, 6.45) is 1.01. The molecule has 1 fully saturated rings. The first kappa shape index (κ1) is 15.4. The summed E-state index contributed by atoms with van der Waals surface area (Å²) >= 11 is 0. The summed E-state index contributed by atoms with van der Waals surface area (Å²) in [7, 11) is 3.82. The van der Waals surface area contributed by atoms with Crippen LogP contribution in [-0.2, 0) is 4.79 Å². The minimum Gasteiger partial charge on any atom is -0.344 e. The number of hydrogen-bond acceptors (Lipinski definition) is 3. The van der Waals surface area contributed by atoms with Crippen molar-refractivity contribution in [1.82, 2.24) is 15.1 Å². The van der Waals surface area contributed by atoms with Gasteiger partial charge in [0.25, 0.3) is 0 Å². The van der Waals surface area contributed by atoms with E-state index in [0.29, 0.717) is 6.54 Å². The third kappa shape index (κ3) is 3.04. The fourth-order valence-corrected chi connectivity index (χ4v) is 3.21. The van der Waals surface area contributed by atoms with Crippen LogP contribution in [0.1, 0.15) is 41.0 Å². The van der Waals surface area contributed by atoms with E-state index in [1.165, 1.54) is 0 Å². The first-order valence-corrected chi connectivity index (χ1v) is 6.80. The molecule has 1 unspecified atom stereocenters. The Morgan fingerprint density at radius 3 is 2.39 bits per heavy atom. The molecule has 0 aliphatic carbocycles. The second-order valence-corrected chi connectivity index (χ2v) is 6.94. The molecule has 0 aromatic rings. The van der Waals surface area contributed by atoms with Crippen molar-refractivity contribution in [3.05, 3.63) is 0 Å². The maximum atomic E-state index is 12.5. The van der Waals surface area contributed by atoms with Gasteiger partial charge >= 0.3 is 0 Å². The fourth-order valence-electron chi connectivity index (χ4n) is 3.21. The second-order valence-electron chi connectivity index (χ2n) is 6.94. The monoisotopic (exact) mass is 255 g/mol. The predicted molar refractivity (Wildman–Crippen MR) is 75.6 cm³/mol. The van der Waals surface area contributed by atoms with Gasteiger partial charge < -0.3 is 10.2 Å². The lowest BCUT2D eigenvalue weighted by atomic mass is 9.89. The Kier molecular flexibility index (Phi) is 4.44. The van der Waals surface area contributed by atoms with Gasteiger partial charge in [-0.3, -0.25) is 9.69 Å². The lowest BCUT2D eigenvalue weighted by molar-refractivity contribution is -0.138. The van der Waals surface area contributed by atoms with Crippen LogP contribution < -0.4 is 5.32 Å². The van der Waals surface area contributed by atoms with Crippen LogP contribution in [0.3, 0.4) is 0 Å². The van der Waals surface area contributed by atoms with E-state index in [2.05, 4.69) is 44.8 Å². The number of likely N-dealkylation sites (N-methyl/N-ethyl adjacent to an activating group) is 2. The number of amides is 1. The van der Waals surface area contributed by atoms with Crippen LogP contribution in [0.25, 0.3) is 0 Å². The summed E-state index contributed by atoms with van der Waals surface area (Å²) in [5, 5.41) is 3.17. The molecule has 1 aliphatic heterocycles. The highest BCUT2D eigenvalue weighted by atomic mass is 16.2. The summed E-state index contributed by atoms with van der Waals surface area (Å²) in [6.45, 7) is 12.6. The van der Waals surface area contributed by atoms with Crippen LogP contribution in [0.15, 0.2) is 0 Å². The molecule has 0 bridgehead atoms. The standard InChI is InChI=1S/C14H29N3O/c1-13(2,3)17-11(10-15-6)12(18)16(7)9-8-14(17,4)5/h11,15H,8-10H2,1-7H3. The third-order valence-corrected chi connectivity index (χ3v) is 3.80. The fraction of sp³-hybridized carbons (Fsp3) is 0.929. The zero-order valence-corrected chi connectivity index (χ0v) is 13.0. The summed E-state index contributed by atoms with van der Waals surface area (Å²) in [6, 6.07) is -0.0856. The van der Waals surface area contributed by atoms with E-state index >= 15 is 0 Å². The molecule has 0 spiro atoms. The molecule has 1 aliphatic rings. The molecular weight excluding hydrogens is 226 g/mol. The quantitative estimate of drug-likeness (QED) is 0.808. The Bertz CT molecular complexity index is 307. The number of carbonyl (C=O) groups is 1. The van der Waals surface area contributed by atoms with Gasteiger partial charge in [-0.2, -0.15) is 0 Å². The molecule has 1 rings (SSSR count). The maximum absolute atomic E-state index is 12.5. The van der Waals surface area contributed by atoms with Gasteiger partial charge in [-0.05, 0) is 48.1 Å². The predicted octanol–water partition coefficient (Wildman–Crippen LogP) is 1.32. The topological polar surface area (TPSA) is 35.6 Å². The summed E-state index contributed by atoms with van der Waals surface area (Å²) in [5.41, 5.74) is 0.00600. The first-order valence-electron chi connectivity index (χ1n) is 6.80. The molecule has 18 heavy (non-hydrogen) atoms. The largest absolute Gasteiger partial charge is 0.344 e. The van der Waals surface area contributed by atoms with E-state index in [-0.39, 0.29) is 23.0 Å². The van der Waals surface area contributed by atoms with Gasteiger partial charge in [0.2, 0.25) is 5.91 Å². The summed E-state index contributed by atoms with van der Waals surface area (Å²) in [4.78, 5) is 16.8. The van der Waals surface area contributed by atoms with Crippen molar-refractivity contribution in [2.45, 2.75) is 58.2 Å². The molecule has 1 heterocycles. The van der Waals surface area contributed by atoms with Crippen molar-refractivity contribution >= 4 is 5.91 Å². The zero-order valence-electron chi connectivity index (χ0n) is 13.0. The highest BCUT2D eigenvalue weighted by Gasteiger charge is 2.45. The van der Waals surface area contributed by atoms with E-state index in [0.717, 1.165) is 13.0 Å². The van der Waals surface area contributed by atoms with Crippen LogP contribution in [0.4, 0.5) is 0 Å². The third-order valence-electron chi connectivity index (χ3n) is 3.80. The highest BCUT2D eigenvalue weighted by Crippen LogP contribution is 2.33. The van der Waals surface area contributed by atoms with Gasteiger partial charge in [0.05, 0.1) is 0 Å². The van der Waals surface area contributed by atoms with Crippen LogP contribution in [0.2, 0.25) is 0 Å². The number of hydrogen-bond donors (Lipinski definition) is 1. The van der Waals surface area contributed by atoms with Gasteiger partial charge in [0.1, 0.15) is 6.04 Å². The van der Waals surface area contributed by atoms with E-state index in [4.69, 9.17) is 0 Å². The molecule has 0 saturated carbocycles. The van der Waals surface area contributed by atoms with Gasteiger partial charge in [0, 0.05) is 31.2 Å². The Labute approximate surface area is 112 Å². The van der Waals surface area contributed by atoms with Crippen molar-refractivity contribution in [3.63, 3.8) is 0 Å². The SMILES string of the molecule is CNCC1C(=O)N(C)CCC(C)(C)N1C(C)(C)C. The number of rotatable bonds is 2. The Balaban J connectivity index is 3.20. The normalized spacial score (nSPS) is 26.3. The number of nitrogens with one attached hydrogen (secondary N) is 1. The number of nitrogens with zero attached hydrogens (tertiary/aromatic N) is 2. The van der Waals surface area contributed by atoms with Crippen LogP contribution in [0.5, 0.6) is 0 Å². The molecule has 4 nitrogen and oxygen atoms in total. The average molecular weight is 255 g/mol. The second kappa shape index (κ2) is 5.17. The molecule has 1 N–H and O–H groups in total. The minimum atomic E-state index is -0.0856. The van der Waals surface area contributed by atoms with Crippen molar-refractivity contribution in [2.75, 3.05) is 27.2 Å². The van der Waals surface area contributed by atoms with Crippen LogP contribution in [0, 0.1) is 0 Å². The van der Waals surface area contributed by atoms with Crippen molar-refractivity contribution < 1.29 is 4.79 Å². The Morgan fingerprint density at radius 2 is 1.94 bits per heavy atom. The van der Waals surface area contributed by atoms with Crippen molar-refractivity contribution in [2.24, 2.45) is 0 Å². The summed E-state index contributed by atoms with van der Waals surface area (Å²) in [5.74, 6) is 0.227. The first-order chi connectivity index (χ1) is 8.11. The Hall–Kier alpha value is -0.610. The molecule has 1 saturated heterocycles. The van der Waals surface area contributed by atoms with Crippen molar-refractivity contribution in [3.8, 4) is 0 Å². The summed E-state index contributed by atoms with van der Waals surface area (Å²) < 4.78 is 0. The molecule has 1 amide bonds. The van der Waals surface area contributed by atoms with E-state index in [9.17, 15) is 4.79 Å². The van der Waals surface area contributed by atoms with Crippen LogP contribution in [-0.4, -0.2) is 60.0 Å². The van der Waals surface area contributed by atoms with Crippen LogP contribution >= 0.6 is 0 Å². The average Bonchev–Trinajstić information content (AvgIpc) is 2.28. The smallest absolute Gasteiger partial charge is 0.241 e. The maximum Gasteiger partial charge on any atom is 0.241 e. The van der Waals surface area contributed by atoms with Gasteiger partial charge in [-0.1, -0.05) is 0 Å².